The molecule has 1 heterocycles. The molecule has 0 aromatic heterocycles. The van der Waals surface area contributed by atoms with E-state index in [2.05, 4.69) is 19.2 Å². The van der Waals surface area contributed by atoms with Gasteiger partial charge in [0.15, 0.2) is 0 Å². The van der Waals surface area contributed by atoms with E-state index in [0.29, 0.717) is 18.4 Å². The molecule has 4 nitrogen and oxygen atoms in total. The quantitative estimate of drug-likeness (QED) is 0.704. The van der Waals surface area contributed by atoms with Crippen LogP contribution in [0.15, 0.2) is 0 Å². The molecule has 0 bridgehead atoms. The summed E-state index contributed by atoms with van der Waals surface area (Å²) >= 11 is 0. The molecule has 1 amide bonds. The maximum Gasteiger partial charge on any atom is 0.222 e. The lowest BCUT2D eigenvalue weighted by molar-refractivity contribution is -0.131. The van der Waals surface area contributed by atoms with Gasteiger partial charge in [-0.1, -0.05) is 13.8 Å². The minimum Gasteiger partial charge on any atom is -0.381 e. The topological polar surface area (TPSA) is 41.6 Å². The van der Waals surface area contributed by atoms with Crippen LogP contribution in [0.5, 0.6) is 0 Å². The van der Waals surface area contributed by atoms with Crippen LogP contribution in [0.1, 0.15) is 39.5 Å². The Morgan fingerprint density at radius 2 is 2.06 bits per heavy atom. The van der Waals surface area contributed by atoms with E-state index in [1.54, 1.807) is 0 Å². The van der Waals surface area contributed by atoms with E-state index in [0.717, 1.165) is 45.6 Å². The van der Waals surface area contributed by atoms with Crippen molar-refractivity contribution in [2.45, 2.75) is 45.6 Å². The first-order valence-electron chi connectivity index (χ1n) is 7.14. The van der Waals surface area contributed by atoms with Crippen LogP contribution in [0.25, 0.3) is 0 Å². The molecule has 0 aromatic rings. The lowest BCUT2D eigenvalue weighted by Gasteiger charge is -2.27. The molecule has 0 aromatic carbocycles. The summed E-state index contributed by atoms with van der Waals surface area (Å²) in [5.74, 6) is 0.897. The van der Waals surface area contributed by atoms with Crippen LogP contribution in [0, 0.1) is 5.92 Å². The van der Waals surface area contributed by atoms with Crippen LogP contribution in [0.4, 0.5) is 0 Å². The van der Waals surface area contributed by atoms with Crippen molar-refractivity contribution < 1.29 is 9.53 Å². The van der Waals surface area contributed by atoms with E-state index in [-0.39, 0.29) is 5.91 Å². The molecule has 0 radical (unpaired) electrons. The van der Waals surface area contributed by atoms with Crippen LogP contribution in [0.3, 0.4) is 0 Å². The van der Waals surface area contributed by atoms with Crippen molar-refractivity contribution in [1.82, 2.24) is 10.2 Å². The zero-order valence-electron chi connectivity index (χ0n) is 12.1. The number of carbonyl (C=O) groups excluding carboxylic acids is 1. The molecular weight excluding hydrogens is 228 g/mol. The van der Waals surface area contributed by atoms with E-state index < -0.39 is 0 Å². The summed E-state index contributed by atoms with van der Waals surface area (Å²) in [5.41, 5.74) is 0. The highest BCUT2D eigenvalue weighted by molar-refractivity contribution is 5.75. The van der Waals surface area contributed by atoms with Crippen LogP contribution in [-0.2, 0) is 9.53 Å². The van der Waals surface area contributed by atoms with Crippen LogP contribution >= 0.6 is 0 Å². The molecule has 1 rings (SSSR count). The fourth-order valence-electron chi connectivity index (χ4n) is 2.24. The second kappa shape index (κ2) is 8.48. The van der Waals surface area contributed by atoms with Gasteiger partial charge in [-0.05, 0) is 31.7 Å². The van der Waals surface area contributed by atoms with Gasteiger partial charge in [0.1, 0.15) is 0 Å². The molecule has 1 fully saturated rings. The Bertz CT molecular complexity index is 238. The summed E-state index contributed by atoms with van der Waals surface area (Å²) < 4.78 is 5.33. The number of carbonyl (C=O) groups is 1. The summed E-state index contributed by atoms with van der Waals surface area (Å²) in [6.45, 7) is 7.77. The molecule has 4 heteroatoms. The van der Waals surface area contributed by atoms with E-state index in [1.807, 2.05) is 11.9 Å². The molecule has 1 aliphatic heterocycles. The van der Waals surface area contributed by atoms with Gasteiger partial charge in [0, 0.05) is 39.3 Å². The van der Waals surface area contributed by atoms with Gasteiger partial charge in [0.25, 0.3) is 0 Å². The minimum atomic E-state index is 0.270. The zero-order chi connectivity index (χ0) is 13.4. The van der Waals surface area contributed by atoms with Gasteiger partial charge in [-0.2, -0.15) is 0 Å². The molecule has 0 unspecified atom stereocenters. The molecule has 0 saturated carbocycles. The number of hydrogen-bond acceptors (Lipinski definition) is 3. The van der Waals surface area contributed by atoms with Gasteiger partial charge < -0.3 is 15.0 Å². The molecule has 0 spiro atoms. The summed E-state index contributed by atoms with van der Waals surface area (Å²) in [6, 6.07) is 0.500. The first-order valence-corrected chi connectivity index (χ1v) is 7.14. The van der Waals surface area contributed by atoms with E-state index in [1.165, 1.54) is 0 Å². The third kappa shape index (κ3) is 6.36. The molecular formula is C14H28N2O2. The lowest BCUT2D eigenvalue weighted by atomic mass is 10.00. The van der Waals surface area contributed by atoms with Crippen LogP contribution in [-0.4, -0.2) is 50.2 Å². The molecule has 1 N–H and O–H groups in total. The van der Waals surface area contributed by atoms with Crippen LogP contribution in [0.2, 0.25) is 0 Å². The Labute approximate surface area is 111 Å². The van der Waals surface area contributed by atoms with E-state index in [9.17, 15) is 4.79 Å². The third-order valence-electron chi connectivity index (χ3n) is 3.42. The second-order valence-corrected chi connectivity index (χ2v) is 5.54. The molecule has 0 aliphatic carbocycles. The first kappa shape index (κ1) is 15.4. The Morgan fingerprint density at radius 3 is 2.67 bits per heavy atom. The predicted molar refractivity (Wildman–Crippen MR) is 73.6 cm³/mol. The summed E-state index contributed by atoms with van der Waals surface area (Å²) in [6.07, 6.45) is 3.76. The van der Waals surface area contributed by atoms with Gasteiger partial charge in [-0.25, -0.2) is 0 Å². The van der Waals surface area contributed by atoms with Crippen molar-refractivity contribution >= 4 is 5.91 Å². The number of ether oxygens (including phenoxy) is 1. The van der Waals surface area contributed by atoms with Crippen molar-refractivity contribution in [1.29, 1.82) is 0 Å². The van der Waals surface area contributed by atoms with Crippen molar-refractivity contribution in [2.75, 3.05) is 33.4 Å². The zero-order valence-corrected chi connectivity index (χ0v) is 12.1. The molecule has 106 valence electrons. The smallest absolute Gasteiger partial charge is 0.222 e. The van der Waals surface area contributed by atoms with Crippen LogP contribution < -0.4 is 5.32 Å². The monoisotopic (exact) mass is 256 g/mol. The minimum absolute atomic E-state index is 0.270. The van der Waals surface area contributed by atoms with Crippen molar-refractivity contribution in [3.05, 3.63) is 0 Å². The first-order chi connectivity index (χ1) is 8.59. The maximum atomic E-state index is 11.9. The maximum absolute atomic E-state index is 11.9. The fraction of sp³-hybridized carbons (Fsp3) is 0.929. The largest absolute Gasteiger partial charge is 0.381 e. The number of hydrogen-bond donors (Lipinski definition) is 1. The Balaban J connectivity index is 2.11. The summed E-state index contributed by atoms with van der Waals surface area (Å²) in [7, 11) is 1.92. The standard InChI is InChI=1S/C14H28N2O2/c1-12(2)15-8-4-5-14(17)16(3)11-13-6-9-18-10-7-13/h12-13,15H,4-11H2,1-3H3. The third-order valence-corrected chi connectivity index (χ3v) is 3.42. The summed E-state index contributed by atoms with van der Waals surface area (Å²) in [4.78, 5) is 13.8. The van der Waals surface area contributed by atoms with Crippen molar-refractivity contribution in [3.63, 3.8) is 0 Å². The Hall–Kier alpha value is -0.610. The highest BCUT2D eigenvalue weighted by Gasteiger charge is 2.18. The normalized spacial score (nSPS) is 17.1. The number of nitrogens with zero attached hydrogens (tertiary/aromatic N) is 1. The molecule has 0 atom stereocenters. The second-order valence-electron chi connectivity index (χ2n) is 5.54. The lowest BCUT2D eigenvalue weighted by Crippen LogP contribution is -2.34. The summed E-state index contributed by atoms with van der Waals surface area (Å²) in [5, 5.41) is 3.33. The Kier molecular flexibility index (Phi) is 7.28. The van der Waals surface area contributed by atoms with Crippen molar-refractivity contribution in [3.8, 4) is 0 Å². The van der Waals surface area contributed by atoms with Gasteiger partial charge in [0.05, 0.1) is 0 Å². The number of rotatable bonds is 7. The highest BCUT2D eigenvalue weighted by Crippen LogP contribution is 2.15. The average Bonchev–Trinajstić information content (AvgIpc) is 2.35. The molecule has 1 saturated heterocycles. The van der Waals surface area contributed by atoms with Gasteiger partial charge >= 0.3 is 0 Å². The SMILES string of the molecule is CC(C)NCCCC(=O)N(C)CC1CCOCC1. The average molecular weight is 256 g/mol. The fourth-order valence-corrected chi connectivity index (χ4v) is 2.24. The highest BCUT2D eigenvalue weighted by atomic mass is 16.5. The number of amides is 1. The predicted octanol–water partition coefficient (Wildman–Crippen LogP) is 1.65. The van der Waals surface area contributed by atoms with Gasteiger partial charge in [0.2, 0.25) is 5.91 Å². The van der Waals surface area contributed by atoms with Gasteiger partial charge in [-0.3, -0.25) is 4.79 Å². The van der Waals surface area contributed by atoms with E-state index in [4.69, 9.17) is 4.74 Å². The van der Waals surface area contributed by atoms with Crippen molar-refractivity contribution in [2.24, 2.45) is 5.92 Å². The number of nitrogens with one attached hydrogen (secondary N) is 1. The van der Waals surface area contributed by atoms with E-state index >= 15 is 0 Å². The molecule has 1 aliphatic rings. The van der Waals surface area contributed by atoms with Gasteiger partial charge in [-0.15, -0.1) is 0 Å². The Morgan fingerprint density at radius 1 is 1.39 bits per heavy atom. The molecule has 18 heavy (non-hydrogen) atoms.